The fourth-order valence-corrected chi connectivity index (χ4v) is 5.55. The molecule has 0 aliphatic carbocycles. The maximum Gasteiger partial charge on any atom is 0.261 e. The van der Waals surface area contributed by atoms with Gasteiger partial charge in [-0.05, 0) is 49.7 Å². The first kappa shape index (κ1) is 33.9. The van der Waals surface area contributed by atoms with Gasteiger partial charge in [-0.15, -0.1) is 0 Å². The Labute approximate surface area is 249 Å². The lowest BCUT2D eigenvalue weighted by atomic mass is 10.0. The Bertz CT molecular complexity index is 1260. The second kappa shape index (κ2) is 17.5. The van der Waals surface area contributed by atoms with Gasteiger partial charge >= 0.3 is 0 Å². The van der Waals surface area contributed by atoms with E-state index in [1.165, 1.54) is 59.8 Å². The molecule has 0 spiro atoms. The number of hydrogen-bond acceptors (Lipinski definition) is 6. The number of fused-ring (bicyclic) bond motifs is 2. The number of ether oxygens (including phenoxy) is 2. The van der Waals surface area contributed by atoms with Crippen LogP contribution >= 0.6 is 0 Å². The van der Waals surface area contributed by atoms with E-state index in [-0.39, 0.29) is 34.6 Å². The maximum atomic E-state index is 13.0. The molecule has 0 aliphatic rings. The summed E-state index contributed by atoms with van der Waals surface area (Å²) in [6, 6.07) is 2.85. The summed E-state index contributed by atoms with van der Waals surface area (Å²) < 4.78 is 13.8. The zero-order valence-electron chi connectivity index (χ0n) is 26.4. The van der Waals surface area contributed by atoms with Crippen molar-refractivity contribution in [3.8, 4) is 0 Å². The van der Waals surface area contributed by atoms with E-state index in [0.29, 0.717) is 39.3 Å². The first-order valence-corrected chi connectivity index (χ1v) is 16.3. The topological polar surface area (TPSA) is 96.6 Å². The molecule has 0 unspecified atom stereocenters. The van der Waals surface area contributed by atoms with E-state index in [4.69, 9.17) is 9.47 Å². The Morgan fingerprint density at radius 3 is 1.12 bits per heavy atom. The highest BCUT2D eigenvalue weighted by Crippen LogP contribution is 2.15. The van der Waals surface area contributed by atoms with Crippen molar-refractivity contribution >= 4 is 21.5 Å². The number of hydrogen-bond donors (Lipinski definition) is 0. The predicted molar refractivity (Wildman–Crippen MR) is 172 cm³/mol. The van der Waals surface area contributed by atoms with Crippen molar-refractivity contribution in [2.45, 2.75) is 118 Å². The van der Waals surface area contributed by atoms with Gasteiger partial charge in [0, 0.05) is 39.5 Å². The molecule has 42 heavy (non-hydrogen) atoms. The highest BCUT2D eigenvalue weighted by molar-refractivity contribution is 5.97. The smallest absolute Gasteiger partial charge is 0.261 e. The van der Waals surface area contributed by atoms with Crippen LogP contribution in [-0.2, 0) is 22.6 Å². The number of aromatic nitrogens is 2. The van der Waals surface area contributed by atoms with Crippen LogP contribution in [0.5, 0.6) is 0 Å². The second-order valence-electron chi connectivity index (χ2n) is 12.6. The molecular formula is C34H52N2O6. The number of nitrogens with zero attached hydrogens (tertiary/aromatic N) is 2. The Morgan fingerprint density at radius 1 is 0.476 bits per heavy atom. The maximum absolute atomic E-state index is 13.0. The Kier molecular flexibility index (Phi) is 14.1. The minimum atomic E-state index is -0.417. The van der Waals surface area contributed by atoms with Crippen molar-refractivity contribution in [3.63, 3.8) is 0 Å². The lowest BCUT2D eigenvalue weighted by Gasteiger charge is -2.06. The lowest BCUT2D eigenvalue weighted by Crippen LogP contribution is -2.26. The van der Waals surface area contributed by atoms with Gasteiger partial charge in [0.05, 0.1) is 21.5 Å². The zero-order chi connectivity index (χ0) is 30.5. The van der Waals surface area contributed by atoms with Gasteiger partial charge in [-0.1, -0.05) is 79.1 Å². The van der Waals surface area contributed by atoms with Crippen molar-refractivity contribution in [3.05, 3.63) is 53.5 Å². The minimum absolute atomic E-state index is 0.195. The van der Waals surface area contributed by atoms with Crippen LogP contribution in [-0.4, -0.2) is 35.6 Å². The molecule has 0 saturated heterocycles. The first-order chi connectivity index (χ1) is 20.2. The molecule has 0 aliphatic heterocycles. The molecule has 0 radical (unpaired) electrons. The Morgan fingerprint density at radius 2 is 0.786 bits per heavy atom. The summed E-state index contributed by atoms with van der Waals surface area (Å²) in [6.07, 6.45) is 12.9. The van der Waals surface area contributed by atoms with Gasteiger partial charge in [0.15, 0.2) is 0 Å². The van der Waals surface area contributed by atoms with Crippen LogP contribution in [0.2, 0.25) is 0 Å². The summed E-state index contributed by atoms with van der Waals surface area (Å²) in [5, 5.41) is 0.781. The monoisotopic (exact) mass is 584 g/mol. The van der Waals surface area contributed by atoms with Crippen molar-refractivity contribution < 1.29 is 9.47 Å². The van der Waals surface area contributed by atoms with E-state index in [0.717, 1.165) is 37.5 Å². The Balaban J connectivity index is 1.48. The quantitative estimate of drug-likeness (QED) is 0.136. The highest BCUT2D eigenvalue weighted by Gasteiger charge is 2.19. The second-order valence-corrected chi connectivity index (χ2v) is 12.6. The average Bonchev–Trinajstić information content (AvgIpc) is 3.33. The van der Waals surface area contributed by atoms with Gasteiger partial charge in [-0.25, -0.2) is 0 Å². The normalized spacial score (nSPS) is 12.1. The van der Waals surface area contributed by atoms with E-state index >= 15 is 0 Å². The summed E-state index contributed by atoms with van der Waals surface area (Å²) in [5.41, 5.74) is -1.67. The largest absolute Gasteiger partial charge is 0.381 e. The fourth-order valence-electron chi connectivity index (χ4n) is 5.55. The van der Waals surface area contributed by atoms with Crippen LogP contribution in [0.1, 0.15) is 105 Å². The van der Waals surface area contributed by atoms with E-state index < -0.39 is 22.2 Å². The van der Waals surface area contributed by atoms with Crippen LogP contribution in [0.4, 0.5) is 0 Å². The molecular weight excluding hydrogens is 532 g/mol. The number of benzene rings is 1. The van der Waals surface area contributed by atoms with Crippen LogP contribution in [0.25, 0.3) is 21.5 Å². The van der Waals surface area contributed by atoms with Crippen molar-refractivity contribution in [2.75, 3.05) is 26.4 Å². The van der Waals surface area contributed by atoms with Crippen molar-refractivity contribution in [1.82, 2.24) is 9.13 Å². The molecule has 0 atom stereocenters. The third kappa shape index (κ3) is 9.73. The summed E-state index contributed by atoms with van der Waals surface area (Å²) in [6.45, 7) is 11.8. The van der Waals surface area contributed by atoms with Crippen LogP contribution in [0.3, 0.4) is 0 Å². The number of unbranched alkanes of at least 4 members (excludes halogenated alkanes) is 6. The third-order valence-electron chi connectivity index (χ3n) is 8.04. The predicted octanol–water partition coefficient (Wildman–Crippen LogP) is 5.94. The van der Waals surface area contributed by atoms with Gasteiger partial charge < -0.3 is 9.47 Å². The fraction of sp³-hybridized carbons (Fsp3) is 0.706. The molecule has 0 bridgehead atoms. The van der Waals surface area contributed by atoms with Gasteiger partial charge in [0.2, 0.25) is 0 Å². The van der Waals surface area contributed by atoms with Crippen LogP contribution in [0.15, 0.2) is 31.3 Å². The lowest BCUT2D eigenvalue weighted by molar-refractivity contribution is 0.124. The molecule has 0 saturated carbocycles. The number of rotatable bonds is 22. The van der Waals surface area contributed by atoms with Gasteiger partial charge in [0.25, 0.3) is 22.2 Å². The van der Waals surface area contributed by atoms with Crippen LogP contribution < -0.4 is 22.2 Å². The molecule has 0 N–H and O–H groups in total. The molecule has 0 amide bonds. The van der Waals surface area contributed by atoms with E-state index in [1.807, 2.05) is 0 Å². The minimum Gasteiger partial charge on any atom is -0.381 e. The van der Waals surface area contributed by atoms with E-state index in [2.05, 4.69) is 27.7 Å². The SMILES string of the molecule is CC(C)CCCCCCOCCCn1c(=O)c2cc3c(=O)n(CCCOCCCCCCC(C)C)c(=O)c3cc2c1=O. The third-order valence-corrected chi connectivity index (χ3v) is 8.04. The molecule has 234 valence electrons. The molecule has 3 rings (SSSR count). The molecule has 8 nitrogen and oxygen atoms in total. The van der Waals surface area contributed by atoms with E-state index in [1.54, 1.807) is 0 Å². The van der Waals surface area contributed by atoms with Crippen LogP contribution in [0, 0.1) is 11.8 Å². The zero-order valence-corrected chi connectivity index (χ0v) is 26.4. The molecule has 2 heterocycles. The Hall–Kier alpha value is -2.58. The molecule has 2 aromatic heterocycles. The summed E-state index contributed by atoms with van der Waals surface area (Å²) in [5.74, 6) is 1.50. The average molecular weight is 585 g/mol. The summed E-state index contributed by atoms with van der Waals surface area (Å²) in [4.78, 5) is 52.1. The van der Waals surface area contributed by atoms with Gasteiger partial charge in [-0.2, -0.15) is 0 Å². The molecule has 8 heteroatoms. The molecule has 0 fully saturated rings. The van der Waals surface area contributed by atoms with Crippen molar-refractivity contribution in [2.24, 2.45) is 11.8 Å². The summed E-state index contributed by atoms with van der Waals surface area (Å²) >= 11 is 0. The van der Waals surface area contributed by atoms with Crippen molar-refractivity contribution in [1.29, 1.82) is 0 Å². The van der Waals surface area contributed by atoms with Gasteiger partial charge in [-0.3, -0.25) is 28.3 Å². The van der Waals surface area contributed by atoms with E-state index in [9.17, 15) is 19.2 Å². The van der Waals surface area contributed by atoms with Gasteiger partial charge in [0.1, 0.15) is 0 Å². The standard InChI is InChI=1S/C34H52N2O6/c1-25(2)15-9-5-7-11-19-41-21-13-17-35-31(37)27-23-29-30(24-28(27)32(35)38)34(40)36(33(29)39)18-14-22-42-20-12-8-6-10-16-26(3)4/h23-26H,5-22H2,1-4H3. The molecule has 1 aromatic carbocycles. The highest BCUT2D eigenvalue weighted by atomic mass is 16.5. The summed E-state index contributed by atoms with van der Waals surface area (Å²) in [7, 11) is 0. The first-order valence-electron chi connectivity index (χ1n) is 16.3. The molecule has 3 aromatic rings.